The second-order valence-electron chi connectivity index (χ2n) is 6.30. The third-order valence-corrected chi connectivity index (χ3v) is 4.66. The Bertz CT molecular complexity index is 1160. The van der Waals surface area contributed by atoms with Crippen LogP contribution in [0.1, 0.15) is 0 Å². The number of hydrogen-bond acceptors (Lipinski definition) is 6. The van der Waals surface area contributed by atoms with Gasteiger partial charge in [-0.25, -0.2) is 14.4 Å². The SMILES string of the molecule is Nc1c(Nc2ccc(Oc3ccccc3)cc2)ncnc1Nc1ccc(Br)cc1F. The van der Waals surface area contributed by atoms with Crippen molar-refractivity contribution in [3.8, 4) is 11.5 Å². The number of halogens is 2. The van der Waals surface area contributed by atoms with Crippen LogP contribution in [0.5, 0.6) is 11.5 Å². The first-order chi connectivity index (χ1) is 14.6. The van der Waals surface area contributed by atoms with Crippen LogP contribution in [0.2, 0.25) is 0 Å². The van der Waals surface area contributed by atoms with Crippen LogP contribution >= 0.6 is 15.9 Å². The fraction of sp³-hybridized carbons (Fsp3) is 0. The Balaban J connectivity index is 1.49. The first kappa shape index (κ1) is 19.7. The average Bonchev–Trinajstić information content (AvgIpc) is 2.75. The van der Waals surface area contributed by atoms with E-state index < -0.39 is 5.82 Å². The van der Waals surface area contributed by atoms with Gasteiger partial charge < -0.3 is 21.1 Å². The normalized spacial score (nSPS) is 10.5. The van der Waals surface area contributed by atoms with Gasteiger partial charge in [0.05, 0.1) is 5.69 Å². The molecule has 0 aliphatic rings. The van der Waals surface area contributed by atoms with Crippen molar-refractivity contribution in [3.63, 3.8) is 0 Å². The molecule has 4 N–H and O–H groups in total. The van der Waals surface area contributed by atoms with E-state index in [9.17, 15) is 4.39 Å². The van der Waals surface area contributed by atoms with Crippen LogP contribution in [0, 0.1) is 5.82 Å². The molecule has 1 aromatic heterocycles. The first-order valence-corrected chi connectivity index (χ1v) is 9.80. The maximum atomic E-state index is 14.1. The van der Waals surface area contributed by atoms with Crippen LogP contribution in [-0.2, 0) is 0 Å². The zero-order chi connectivity index (χ0) is 20.9. The topological polar surface area (TPSA) is 85.1 Å². The Kier molecular flexibility index (Phi) is 5.76. The lowest BCUT2D eigenvalue weighted by Crippen LogP contribution is -2.06. The van der Waals surface area contributed by atoms with Crippen LogP contribution in [0.4, 0.5) is 33.1 Å². The third-order valence-electron chi connectivity index (χ3n) is 4.16. The molecule has 0 aliphatic heterocycles. The van der Waals surface area contributed by atoms with E-state index in [1.807, 2.05) is 54.6 Å². The van der Waals surface area contributed by atoms with E-state index in [2.05, 4.69) is 36.5 Å². The number of anilines is 5. The second-order valence-corrected chi connectivity index (χ2v) is 7.21. The molecule has 0 saturated heterocycles. The number of hydrogen-bond donors (Lipinski definition) is 3. The van der Waals surface area contributed by atoms with Gasteiger partial charge in [-0.05, 0) is 54.6 Å². The van der Waals surface area contributed by atoms with Crippen molar-refractivity contribution < 1.29 is 9.13 Å². The summed E-state index contributed by atoms with van der Waals surface area (Å²) < 4.78 is 20.5. The Labute approximate surface area is 181 Å². The number of benzene rings is 3. The zero-order valence-corrected chi connectivity index (χ0v) is 17.2. The largest absolute Gasteiger partial charge is 0.457 e. The third kappa shape index (κ3) is 4.66. The maximum absolute atomic E-state index is 14.1. The molecule has 4 rings (SSSR count). The minimum Gasteiger partial charge on any atom is -0.457 e. The molecule has 6 nitrogen and oxygen atoms in total. The summed E-state index contributed by atoms with van der Waals surface area (Å²) in [7, 11) is 0. The highest BCUT2D eigenvalue weighted by Crippen LogP contribution is 2.30. The average molecular weight is 466 g/mol. The molecule has 0 fully saturated rings. The van der Waals surface area contributed by atoms with E-state index in [-0.39, 0.29) is 11.4 Å². The van der Waals surface area contributed by atoms with Crippen LogP contribution in [0.15, 0.2) is 83.6 Å². The van der Waals surface area contributed by atoms with Crippen molar-refractivity contribution in [1.29, 1.82) is 0 Å². The van der Waals surface area contributed by atoms with E-state index in [4.69, 9.17) is 10.5 Å². The summed E-state index contributed by atoms with van der Waals surface area (Å²) in [6.07, 6.45) is 1.35. The van der Waals surface area contributed by atoms with Gasteiger partial charge in [0.1, 0.15) is 29.3 Å². The number of ether oxygens (including phenoxy) is 1. The summed E-state index contributed by atoms with van der Waals surface area (Å²) in [5, 5.41) is 6.04. The number of para-hydroxylation sites is 1. The van der Waals surface area contributed by atoms with Crippen LogP contribution in [-0.4, -0.2) is 9.97 Å². The van der Waals surface area contributed by atoms with Crippen LogP contribution < -0.4 is 21.1 Å². The first-order valence-electron chi connectivity index (χ1n) is 9.01. The summed E-state index contributed by atoms with van der Waals surface area (Å²) in [6, 6.07) is 21.6. The highest BCUT2D eigenvalue weighted by Gasteiger charge is 2.11. The summed E-state index contributed by atoms with van der Waals surface area (Å²) in [6.45, 7) is 0. The van der Waals surface area contributed by atoms with Gasteiger partial charge in [0.15, 0.2) is 11.6 Å². The number of rotatable bonds is 6. The molecule has 3 aromatic carbocycles. The van der Waals surface area contributed by atoms with Crippen molar-refractivity contribution in [2.75, 3.05) is 16.4 Å². The Morgan fingerprint density at radius 3 is 2.20 bits per heavy atom. The predicted octanol–water partition coefficient (Wildman–Crippen LogP) is 6.24. The number of nitrogens with one attached hydrogen (secondary N) is 2. The lowest BCUT2D eigenvalue weighted by molar-refractivity contribution is 0.483. The van der Waals surface area contributed by atoms with Gasteiger partial charge in [-0.2, -0.15) is 0 Å². The minimum absolute atomic E-state index is 0.261. The molecule has 0 unspecified atom stereocenters. The molecule has 0 radical (unpaired) electrons. The summed E-state index contributed by atoms with van der Waals surface area (Å²) in [5.74, 6) is 1.75. The lowest BCUT2D eigenvalue weighted by Gasteiger charge is -2.13. The molecule has 1 heterocycles. The summed E-state index contributed by atoms with van der Waals surface area (Å²) in [5.41, 5.74) is 7.48. The fourth-order valence-corrected chi connectivity index (χ4v) is 3.01. The van der Waals surface area contributed by atoms with Gasteiger partial charge >= 0.3 is 0 Å². The van der Waals surface area contributed by atoms with Gasteiger partial charge in [0.2, 0.25) is 0 Å². The highest BCUT2D eigenvalue weighted by atomic mass is 79.9. The minimum atomic E-state index is -0.425. The van der Waals surface area contributed by atoms with E-state index in [0.717, 1.165) is 11.4 Å². The van der Waals surface area contributed by atoms with E-state index >= 15 is 0 Å². The molecule has 0 atom stereocenters. The van der Waals surface area contributed by atoms with Gasteiger partial charge in [0, 0.05) is 10.2 Å². The lowest BCUT2D eigenvalue weighted by atomic mass is 10.2. The van der Waals surface area contributed by atoms with Crippen molar-refractivity contribution >= 4 is 44.6 Å². The molecular formula is C22H17BrFN5O. The van der Waals surface area contributed by atoms with Crippen molar-refractivity contribution in [2.24, 2.45) is 0 Å². The van der Waals surface area contributed by atoms with E-state index in [1.54, 1.807) is 12.1 Å². The number of nitrogen functional groups attached to an aromatic ring is 1. The fourth-order valence-electron chi connectivity index (χ4n) is 2.68. The Morgan fingerprint density at radius 1 is 0.833 bits per heavy atom. The number of aromatic nitrogens is 2. The van der Waals surface area contributed by atoms with Crippen LogP contribution in [0.3, 0.4) is 0 Å². The standard InChI is InChI=1S/C22H17BrFN5O/c23-14-6-11-19(18(24)12-14)29-22-20(25)21(26-13-27-22)28-15-7-9-17(10-8-15)30-16-4-2-1-3-5-16/h1-13H,25H2,(H2,26,27,28,29). The van der Waals surface area contributed by atoms with Crippen molar-refractivity contribution in [3.05, 3.63) is 89.4 Å². The Morgan fingerprint density at radius 2 is 1.50 bits per heavy atom. The molecule has 150 valence electrons. The molecule has 30 heavy (non-hydrogen) atoms. The quantitative estimate of drug-likeness (QED) is 0.312. The van der Waals surface area contributed by atoms with Gasteiger partial charge in [-0.15, -0.1) is 0 Å². The van der Waals surface area contributed by atoms with Crippen LogP contribution in [0.25, 0.3) is 0 Å². The number of nitrogens with zero attached hydrogens (tertiary/aromatic N) is 2. The smallest absolute Gasteiger partial charge is 0.159 e. The molecule has 4 aromatic rings. The molecule has 0 saturated carbocycles. The molecular weight excluding hydrogens is 449 g/mol. The number of nitrogens with two attached hydrogens (primary N) is 1. The zero-order valence-electron chi connectivity index (χ0n) is 15.6. The highest BCUT2D eigenvalue weighted by molar-refractivity contribution is 9.10. The summed E-state index contributed by atoms with van der Waals surface area (Å²) in [4.78, 5) is 8.30. The van der Waals surface area contributed by atoms with Gasteiger partial charge in [0.25, 0.3) is 0 Å². The second kappa shape index (κ2) is 8.79. The van der Waals surface area contributed by atoms with Crippen molar-refractivity contribution in [2.45, 2.75) is 0 Å². The molecule has 0 bridgehead atoms. The Hall–Kier alpha value is -3.65. The monoisotopic (exact) mass is 465 g/mol. The maximum Gasteiger partial charge on any atom is 0.159 e. The van der Waals surface area contributed by atoms with Gasteiger partial charge in [-0.1, -0.05) is 34.1 Å². The molecule has 0 amide bonds. The molecule has 8 heteroatoms. The summed E-state index contributed by atoms with van der Waals surface area (Å²) >= 11 is 3.23. The van der Waals surface area contributed by atoms with E-state index in [1.165, 1.54) is 12.4 Å². The van der Waals surface area contributed by atoms with Gasteiger partial charge in [-0.3, -0.25) is 0 Å². The van der Waals surface area contributed by atoms with E-state index in [0.29, 0.717) is 21.9 Å². The van der Waals surface area contributed by atoms with Crippen molar-refractivity contribution in [1.82, 2.24) is 9.97 Å². The molecule has 0 aliphatic carbocycles. The predicted molar refractivity (Wildman–Crippen MR) is 120 cm³/mol. The molecule has 0 spiro atoms.